The van der Waals surface area contributed by atoms with Crippen molar-refractivity contribution in [2.24, 2.45) is 0 Å². The zero-order chi connectivity index (χ0) is 8.93. The Kier molecular flexibility index (Phi) is 2.75. The molecule has 1 aromatic heterocycles. The molecule has 0 amide bonds. The fourth-order valence-electron chi connectivity index (χ4n) is 1.73. The number of anilines is 1. The Morgan fingerprint density at radius 1 is 1.15 bits per heavy atom. The van der Waals surface area contributed by atoms with Gasteiger partial charge in [-0.15, -0.1) is 0 Å². The second kappa shape index (κ2) is 4.21. The minimum Gasteiger partial charge on any atom is -0.357 e. The van der Waals surface area contributed by atoms with Gasteiger partial charge in [-0.1, -0.05) is 12.8 Å². The van der Waals surface area contributed by atoms with Gasteiger partial charge in [0.15, 0.2) is 6.33 Å². The number of nitrogens with zero attached hydrogens (tertiary/aromatic N) is 3. The van der Waals surface area contributed by atoms with Crippen LogP contribution >= 0.6 is 0 Å². The van der Waals surface area contributed by atoms with Crippen molar-refractivity contribution in [1.29, 1.82) is 0 Å². The monoisotopic (exact) mass is 176 g/mol. The van der Waals surface area contributed by atoms with Gasteiger partial charge in [0, 0.05) is 19.3 Å². The summed E-state index contributed by atoms with van der Waals surface area (Å²) in [5.41, 5.74) is 0. The predicted octanol–water partition coefficient (Wildman–Crippen LogP) is 1.66. The molecule has 0 N–H and O–H groups in total. The van der Waals surface area contributed by atoms with Gasteiger partial charge >= 0.3 is 0 Å². The molecule has 0 atom stereocenters. The van der Waals surface area contributed by atoms with Crippen molar-refractivity contribution in [2.75, 3.05) is 18.0 Å². The third-order valence-electron chi connectivity index (χ3n) is 2.45. The highest BCUT2D eigenvalue weighted by Gasteiger charge is 2.09. The third kappa shape index (κ3) is 2.17. The zero-order valence-electron chi connectivity index (χ0n) is 7.74. The Balaban J connectivity index is 2.06. The fraction of sp³-hybridized carbons (Fsp3) is 0.600. The van der Waals surface area contributed by atoms with E-state index in [0.29, 0.717) is 0 Å². The van der Waals surface area contributed by atoms with Crippen molar-refractivity contribution >= 4 is 5.82 Å². The van der Waals surface area contributed by atoms with Crippen LogP contribution in [-0.4, -0.2) is 23.1 Å². The maximum Gasteiger partial charge on any atom is 0.199 e. The first kappa shape index (κ1) is 8.48. The molecule has 0 bridgehead atoms. The minimum absolute atomic E-state index is 1.02. The Morgan fingerprint density at radius 3 is 2.54 bits per heavy atom. The molecule has 1 aliphatic rings. The van der Waals surface area contributed by atoms with Crippen molar-refractivity contribution in [3.05, 3.63) is 18.6 Å². The van der Waals surface area contributed by atoms with E-state index in [1.54, 1.807) is 6.20 Å². The summed E-state index contributed by atoms with van der Waals surface area (Å²) in [7, 11) is 0. The summed E-state index contributed by atoms with van der Waals surface area (Å²) >= 11 is 0. The smallest absolute Gasteiger partial charge is 0.199 e. The van der Waals surface area contributed by atoms with Crippen LogP contribution in [0, 0.1) is 6.33 Å². The van der Waals surface area contributed by atoms with Gasteiger partial charge < -0.3 is 4.90 Å². The number of aromatic nitrogens is 2. The Labute approximate surface area is 78.8 Å². The maximum absolute atomic E-state index is 4.13. The fourth-order valence-corrected chi connectivity index (χ4v) is 1.73. The summed E-state index contributed by atoms with van der Waals surface area (Å²) in [6, 6.07) is 1.96. The number of hydrogen-bond acceptors (Lipinski definition) is 3. The third-order valence-corrected chi connectivity index (χ3v) is 2.45. The first-order valence-corrected chi connectivity index (χ1v) is 4.91. The first-order chi connectivity index (χ1) is 6.47. The van der Waals surface area contributed by atoms with E-state index in [1.165, 1.54) is 25.7 Å². The molecule has 13 heavy (non-hydrogen) atoms. The maximum atomic E-state index is 4.13. The molecule has 1 fully saturated rings. The molecule has 1 aliphatic heterocycles. The van der Waals surface area contributed by atoms with Gasteiger partial charge in [0.25, 0.3) is 0 Å². The summed E-state index contributed by atoms with van der Waals surface area (Å²) in [5.74, 6) is 1.02. The molecule has 0 spiro atoms. The average Bonchev–Trinajstić information content (AvgIpc) is 2.47. The van der Waals surface area contributed by atoms with Gasteiger partial charge in [0.2, 0.25) is 0 Å². The molecule has 0 unspecified atom stereocenters. The highest BCUT2D eigenvalue weighted by atomic mass is 15.2. The van der Waals surface area contributed by atoms with Crippen molar-refractivity contribution in [1.82, 2.24) is 9.97 Å². The van der Waals surface area contributed by atoms with Crippen LogP contribution < -0.4 is 4.90 Å². The van der Waals surface area contributed by atoms with Crippen LogP contribution in [0.2, 0.25) is 0 Å². The van der Waals surface area contributed by atoms with E-state index in [9.17, 15) is 0 Å². The normalized spacial score (nSPS) is 18.3. The van der Waals surface area contributed by atoms with E-state index < -0.39 is 0 Å². The predicted molar refractivity (Wildman–Crippen MR) is 51.5 cm³/mol. The van der Waals surface area contributed by atoms with Crippen molar-refractivity contribution in [2.45, 2.75) is 25.7 Å². The summed E-state index contributed by atoms with van der Waals surface area (Å²) < 4.78 is 0. The summed E-state index contributed by atoms with van der Waals surface area (Å²) in [6.07, 6.45) is 9.66. The van der Waals surface area contributed by atoms with Crippen LogP contribution in [0.5, 0.6) is 0 Å². The second-order valence-electron chi connectivity index (χ2n) is 3.42. The molecule has 2 rings (SSSR count). The molecule has 3 nitrogen and oxygen atoms in total. The second-order valence-corrected chi connectivity index (χ2v) is 3.42. The van der Waals surface area contributed by atoms with E-state index in [2.05, 4.69) is 21.2 Å². The molecule has 69 valence electrons. The van der Waals surface area contributed by atoms with E-state index >= 15 is 0 Å². The van der Waals surface area contributed by atoms with E-state index in [4.69, 9.17) is 0 Å². The summed E-state index contributed by atoms with van der Waals surface area (Å²) in [5, 5.41) is 0. The van der Waals surface area contributed by atoms with Crippen LogP contribution in [0.1, 0.15) is 25.7 Å². The highest BCUT2D eigenvalue weighted by molar-refractivity contribution is 5.36. The Bertz CT molecular complexity index is 240. The molecular weight excluding hydrogens is 162 g/mol. The van der Waals surface area contributed by atoms with Crippen LogP contribution in [-0.2, 0) is 0 Å². The number of rotatable bonds is 1. The van der Waals surface area contributed by atoms with Crippen LogP contribution in [0.4, 0.5) is 5.82 Å². The Morgan fingerprint density at radius 2 is 1.92 bits per heavy atom. The lowest BCUT2D eigenvalue weighted by Crippen LogP contribution is -2.24. The van der Waals surface area contributed by atoms with E-state index in [1.807, 2.05) is 6.07 Å². The number of hydrogen-bond donors (Lipinski definition) is 0. The van der Waals surface area contributed by atoms with Gasteiger partial charge in [-0.3, -0.25) is 0 Å². The molecular formula is C10H14N3. The van der Waals surface area contributed by atoms with E-state index in [0.717, 1.165) is 18.9 Å². The molecule has 1 radical (unpaired) electrons. The lowest BCUT2D eigenvalue weighted by Gasteiger charge is -2.20. The quantitative estimate of drug-likeness (QED) is 0.651. The molecule has 0 aliphatic carbocycles. The highest BCUT2D eigenvalue weighted by Crippen LogP contribution is 2.15. The molecule has 1 aromatic rings. The molecule has 1 saturated heterocycles. The van der Waals surface area contributed by atoms with Crippen LogP contribution in [0.25, 0.3) is 0 Å². The lowest BCUT2D eigenvalue weighted by molar-refractivity contribution is 0.726. The standard InChI is InChI=1S/C10H14N3/c1-2-4-8-13(7-3-1)10-5-6-11-9-12-10/h5-6H,1-4,7-8H2. The van der Waals surface area contributed by atoms with Gasteiger partial charge in [-0.25, -0.2) is 9.97 Å². The Hall–Kier alpha value is -1.12. The van der Waals surface area contributed by atoms with Gasteiger partial charge in [0.1, 0.15) is 5.82 Å². The van der Waals surface area contributed by atoms with Crippen LogP contribution in [0.3, 0.4) is 0 Å². The van der Waals surface area contributed by atoms with Gasteiger partial charge in [0.05, 0.1) is 0 Å². The van der Waals surface area contributed by atoms with Crippen molar-refractivity contribution in [3.8, 4) is 0 Å². The average molecular weight is 176 g/mol. The van der Waals surface area contributed by atoms with E-state index in [-0.39, 0.29) is 0 Å². The topological polar surface area (TPSA) is 29.0 Å². The SMILES string of the molecule is [c]1nccc(N2CCCCCC2)n1. The zero-order valence-corrected chi connectivity index (χ0v) is 7.74. The van der Waals surface area contributed by atoms with Crippen LogP contribution in [0.15, 0.2) is 12.3 Å². The lowest BCUT2D eigenvalue weighted by atomic mass is 10.2. The summed E-state index contributed by atoms with van der Waals surface area (Å²) in [6.45, 7) is 2.26. The summed E-state index contributed by atoms with van der Waals surface area (Å²) in [4.78, 5) is 10.3. The largest absolute Gasteiger partial charge is 0.357 e. The molecule has 0 aromatic carbocycles. The van der Waals surface area contributed by atoms with Crippen molar-refractivity contribution < 1.29 is 0 Å². The van der Waals surface area contributed by atoms with Crippen molar-refractivity contribution in [3.63, 3.8) is 0 Å². The molecule has 3 heteroatoms. The van der Waals surface area contributed by atoms with Gasteiger partial charge in [-0.2, -0.15) is 0 Å². The molecule has 0 saturated carbocycles. The minimum atomic E-state index is 1.02. The van der Waals surface area contributed by atoms with Gasteiger partial charge in [-0.05, 0) is 18.9 Å². The first-order valence-electron chi connectivity index (χ1n) is 4.91. The molecule has 2 heterocycles.